The predicted molar refractivity (Wildman–Crippen MR) is 96.6 cm³/mol. The molecule has 0 bridgehead atoms. The van der Waals surface area contributed by atoms with Crippen molar-refractivity contribution in [2.75, 3.05) is 31.7 Å². The first kappa shape index (κ1) is 17.9. The lowest BCUT2D eigenvalue weighted by atomic mass is 10.0. The zero-order chi connectivity index (χ0) is 18.2. The number of ether oxygens (including phenoxy) is 1. The van der Waals surface area contributed by atoms with Gasteiger partial charge in [-0.15, -0.1) is 0 Å². The second-order valence-electron chi connectivity index (χ2n) is 6.52. The Labute approximate surface area is 148 Å². The summed E-state index contributed by atoms with van der Waals surface area (Å²) in [6.45, 7) is 7.65. The molecule has 1 aliphatic rings. The van der Waals surface area contributed by atoms with Crippen LogP contribution < -0.4 is 4.74 Å². The SMILES string of the molecule is COc1ccc(-c2nc(CN3CCS(=O)(=O)CC3)c(C)o2)c(C)c1C. The smallest absolute Gasteiger partial charge is 0.226 e. The largest absolute Gasteiger partial charge is 0.496 e. The van der Waals surface area contributed by atoms with Gasteiger partial charge in [0.15, 0.2) is 9.84 Å². The summed E-state index contributed by atoms with van der Waals surface area (Å²) in [5.41, 5.74) is 3.96. The molecule has 0 atom stereocenters. The fourth-order valence-corrected chi connectivity index (χ4v) is 4.34. The molecular weight excluding hydrogens is 340 g/mol. The molecule has 136 valence electrons. The van der Waals surface area contributed by atoms with Crippen LogP contribution in [0.4, 0.5) is 0 Å². The number of aryl methyl sites for hydroxylation is 1. The molecule has 1 aliphatic heterocycles. The average molecular weight is 364 g/mol. The Morgan fingerprint density at radius 1 is 1.16 bits per heavy atom. The van der Waals surface area contributed by atoms with Crippen LogP contribution in [-0.2, 0) is 16.4 Å². The highest BCUT2D eigenvalue weighted by molar-refractivity contribution is 7.91. The number of aromatic nitrogens is 1. The summed E-state index contributed by atoms with van der Waals surface area (Å²) in [7, 11) is -1.21. The van der Waals surface area contributed by atoms with Crippen molar-refractivity contribution in [3.05, 3.63) is 34.7 Å². The normalized spacial score (nSPS) is 17.6. The van der Waals surface area contributed by atoms with Crippen LogP contribution in [0.3, 0.4) is 0 Å². The molecule has 0 spiro atoms. The molecule has 0 saturated carbocycles. The van der Waals surface area contributed by atoms with E-state index in [9.17, 15) is 8.42 Å². The van der Waals surface area contributed by atoms with Crippen LogP contribution in [-0.4, -0.2) is 50.0 Å². The molecule has 0 aliphatic carbocycles. The van der Waals surface area contributed by atoms with E-state index in [4.69, 9.17) is 9.15 Å². The van der Waals surface area contributed by atoms with Gasteiger partial charge in [-0.1, -0.05) is 0 Å². The molecule has 2 heterocycles. The van der Waals surface area contributed by atoms with Gasteiger partial charge in [0, 0.05) is 25.2 Å². The van der Waals surface area contributed by atoms with E-state index in [0.29, 0.717) is 25.5 Å². The average Bonchev–Trinajstić information content (AvgIpc) is 2.92. The van der Waals surface area contributed by atoms with E-state index in [1.165, 1.54) is 0 Å². The first-order valence-corrected chi connectivity index (χ1v) is 10.2. The summed E-state index contributed by atoms with van der Waals surface area (Å²) in [4.78, 5) is 6.78. The lowest BCUT2D eigenvalue weighted by molar-refractivity contribution is 0.283. The van der Waals surface area contributed by atoms with Gasteiger partial charge < -0.3 is 9.15 Å². The van der Waals surface area contributed by atoms with Gasteiger partial charge in [-0.3, -0.25) is 4.90 Å². The molecule has 3 rings (SSSR count). The number of nitrogens with zero attached hydrogens (tertiary/aromatic N) is 2. The molecule has 1 aromatic carbocycles. The van der Waals surface area contributed by atoms with Gasteiger partial charge in [-0.05, 0) is 44.0 Å². The third kappa shape index (κ3) is 3.72. The Balaban J connectivity index is 1.83. The zero-order valence-electron chi connectivity index (χ0n) is 15.1. The third-order valence-electron chi connectivity index (χ3n) is 4.89. The van der Waals surface area contributed by atoms with E-state index in [1.807, 2.05) is 32.9 Å². The number of sulfone groups is 1. The van der Waals surface area contributed by atoms with Gasteiger partial charge in [0.05, 0.1) is 24.3 Å². The minimum absolute atomic E-state index is 0.216. The van der Waals surface area contributed by atoms with Crippen molar-refractivity contribution in [1.29, 1.82) is 0 Å². The standard InChI is InChI=1S/C18H24N2O4S/c1-12-13(2)17(23-4)6-5-15(12)18-19-16(14(3)24-18)11-20-7-9-25(21,22)10-8-20/h5-6H,7-11H2,1-4H3. The molecule has 1 saturated heterocycles. The summed E-state index contributed by atoms with van der Waals surface area (Å²) in [6.07, 6.45) is 0. The summed E-state index contributed by atoms with van der Waals surface area (Å²) in [6, 6.07) is 3.88. The quantitative estimate of drug-likeness (QED) is 0.830. The van der Waals surface area contributed by atoms with Gasteiger partial charge >= 0.3 is 0 Å². The second-order valence-corrected chi connectivity index (χ2v) is 8.82. The Hall–Kier alpha value is -1.86. The van der Waals surface area contributed by atoms with Crippen molar-refractivity contribution < 1.29 is 17.6 Å². The monoisotopic (exact) mass is 364 g/mol. The van der Waals surface area contributed by atoms with Crippen molar-refractivity contribution in [1.82, 2.24) is 9.88 Å². The molecule has 0 N–H and O–H groups in total. The summed E-state index contributed by atoms with van der Waals surface area (Å²) >= 11 is 0. The molecule has 1 fully saturated rings. The second kappa shape index (κ2) is 6.80. The fraction of sp³-hybridized carbons (Fsp3) is 0.500. The van der Waals surface area contributed by atoms with Crippen LogP contribution >= 0.6 is 0 Å². The lowest BCUT2D eigenvalue weighted by Gasteiger charge is -2.25. The van der Waals surface area contributed by atoms with Crippen LogP contribution in [0.15, 0.2) is 16.5 Å². The first-order chi connectivity index (χ1) is 11.8. The molecule has 7 heteroatoms. The van der Waals surface area contributed by atoms with Crippen molar-refractivity contribution in [2.24, 2.45) is 0 Å². The minimum atomic E-state index is -2.87. The highest BCUT2D eigenvalue weighted by Crippen LogP contribution is 2.31. The highest BCUT2D eigenvalue weighted by atomic mass is 32.2. The van der Waals surface area contributed by atoms with E-state index in [1.54, 1.807) is 7.11 Å². The molecular formula is C18H24N2O4S. The van der Waals surface area contributed by atoms with E-state index in [0.717, 1.165) is 33.9 Å². The van der Waals surface area contributed by atoms with Crippen molar-refractivity contribution >= 4 is 9.84 Å². The molecule has 2 aromatic rings. The molecule has 6 nitrogen and oxygen atoms in total. The molecule has 0 radical (unpaired) electrons. The lowest BCUT2D eigenvalue weighted by Crippen LogP contribution is -2.39. The summed E-state index contributed by atoms with van der Waals surface area (Å²) in [5, 5.41) is 0. The van der Waals surface area contributed by atoms with Gasteiger partial charge in [0.1, 0.15) is 11.5 Å². The maximum atomic E-state index is 11.6. The van der Waals surface area contributed by atoms with Crippen LogP contribution in [0, 0.1) is 20.8 Å². The molecule has 25 heavy (non-hydrogen) atoms. The van der Waals surface area contributed by atoms with Gasteiger partial charge in [0.25, 0.3) is 0 Å². The fourth-order valence-electron chi connectivity index (χ4n) is 3.06. The molecule has 0 unspecified atom stereocenters. The van der Waals surface area contributed by atoms with Crippen molar-refractivity contribution in [3.63, 3.8) is 0 Å². The van der Waals surface area contributed by atoms with Crippen LogP contribution in [0.2, 0.25) is 0 Å². The number of benzene rings is 1. The molecule has 1 aromatic heterocycles. The van der Waals surface area contributed by atoms with Gasteiger partial charge in [-0.25, -0.2) is 13.4 Å². The Bertz CT molecular complexity index is 873. The Morgan fingerprint density at radius 3 is 2.48 bits per heavy atom. The maximum absolute atomic E-state index is 11.6. The third-order valence-corrected chi connectivity index (χ3v) is 6.50. The van der Waals surface area contributed by atoms with E-state index < -0.39 is 9.84 Å². The van der Waals surface area contributed by atoms with E-state index in [-0.39, 0.29) is 11.5 Å². The van der Waals surface area contributed by atoms with Crippen molar-refractivity contribution in [2.45, 2.75) is 27.3 Å². The van der Waals surface area contributed by atoms with Gasteiger partial charge in [-0.2, -0.15) is 0 Å². The topological polar surface area (TPSA) is 72.6 Å². The number of methoxy groups -OCH3 is 1. The zero-order valence-corrected chi connectivity index (χ0v) is 15.9. The van der Waals surface area contributed by atoms with Crippen LogP contribution in [0.1, 0.15) is 22.6 Å². The Morgan fingerprint density at radius 2 is 1.84 bits per heavy atom. The van der Waals surface area contributed by atoms with E-state index >= 15 is 0 Å². The minimum Gasteiger partial charge on any atom is -0.496 e. The van der Waals surface area contributed by atoms with Crippen LogP contribution in [0.25, 0.3) is 11.5 Å². The first-order valence-electron chi connectivity index (χ1n) is 8.34. The highest BCUT2D eigenvalue weighted by Gasteiger charge is 2.24. The summed E-state index contributed by atoms with van der Waals surface area (Å²) in [5.74, 6) is 2.65. The Kier molecular flexibility index (Phi) is 4.88. The summed E-state index contributed by atoms with van der Waals surface area (Å²) < 4.78 is 34.4. The number of hydrogen-bond acceptors (Lipinski definition) is 6. The van der Waals surface area contributed by atoms with Crippen molar-refractivity contribution in [3.8, 4) is 17.2 Å². The predicted octanol–water partition coefficient (Wildman–Crippen LogP) is 2.51. The maximum Gasteiger partial charge on any atom is 0.226 e. The number of hydrogen-bond donors (Lipinski definition) is 0. The molecule has 0 amide bonds. The van der Waals surface area contributed by atoms with Crippen LogP contribution in [0.5, 0.6) is 5.75 Å². The number of rotatable bonds is 4. The van der Waals surface area contributed by atoms with E-state index in [2.05, 4.69) is 9.88 Å². The number of oxazole rings is 1. The van der Waals surface area contributed by atoms with Gasteiger partial charge in [0.2, 0.25) is 5.89 Å².